The summed E-state index contributed by atoms with van der Waals surface area (Å²) in [6.45, 7) is 2.42. The first-order valence-corrected chi connectivity index (χ1v) is 10.3. The molecule has 0 unspecified atom stereocenters. The molecule has 2 N–H and O–H groups in total. The van der Waals surface area contributed by atoms with Gasteiger partial charge in [-0.15, -0.1) is 0 Å². The summed E-state index contributed by atoms with van der Waals surface area (Å²) >= 11 is 3.39. The molecule has 0 radical (unpaired) electrons. The van der Waals surface area contributed by atoms with Crippen LogP contribution in [-0.2, 0) is 0 Å². The average Bonchev–Trinajstić information content (AvgIpc) is 2.78. The van der Waals surface area contributed by atoms with Crippen molar-refractivity contribution >= 4 is 44.5 Å². The van der Waals surface area contributed by atoms with Crippen molar-refractivity contribution in [2.45, 2.75) is 0 Å². The number of benzene rings is 2. The van der Waals surface area contributed by atoms with E-state index < -0.39 is 0 Å². The third-order valence-corrected chi connectivity index (χ3v) is 5.69. The maximum atomic E-state index is 12.7. The molecule has 1 amide bonds. The first-order chi connectivity index (χ1) is 14.5. The fraction of sp³-hybridized carbons (Fsp3) is 0.286. The van der Waals surface area contributed by atoms with E-state index in [0.29, 0.717) is 65.9 Å². The summed E-state index contributed by atoms with van der Waals surface area (Å²) in [6.07, 6.45) is 0. The molecule has 1 aliphatic rings. The molecule has 3 aromatic rings. The zero-order chi connectivity index (χ0) is 21.3. The Morgan fingerprint density at radius 1 is 1.00 bits per heavy atom. The molecule has 8 nitrogen and oxygen atoms in total. The number of rotatable bonds is 4. The number of methoxy groups -OCH3 is 2. The van der Waals surface area contributed by atoms with Crippen molar-refractivity contribution < 1.29 is 14.3 Å². The Bertz CT molecular complexity index is 1080. The number of nitrogens with zero attached hydrogens (tertiary/aromatic N) is 4. The monoisotopic (exact) mass is 471 g/mol. The highest BCUT2D eigenvalue weighted by atomic mass is 79.9. The molecule has 2 heterocycles. The van der Waals surface area contributed by atoms with Crippen molar-refractivity contribution in [3.8, 4) is 11.5 Å². The highest BCUT2D eigenvalue weighted by Gasteiger charge is 2.24. The first-order valence-electron chi connectivity index (χ1n) is 9.49. The number of piperazine rings is 1. The molecule has 0 bridgehead atoms. The summed E-state index contributed by atoms with van der Waals surface area (Å²) in [7, 11) is 3.15. The number of ether oxygens (including phenoxy) is 2. The maximum Gasteiger partial charge on any atom is 0.253 e. The summed E-state index contributed by atoms with van der Waals surface area (Å²) in [5.74, 6) is 2.11. The van der Waals surface area contributed by atoms with E-state index in [9.17, 15) is 4.79 Å². The van der Waals surface area contributed by atoms with Gasteiger partial charge in [0.2, 0.25) is 5.95 Å². The number of nitrogens with two attached hydrogens (primary N) is 1. The molecule has 1 saturated heterocycles. The topological polar surface area (TPSA) is 93.8 Å². The molecule has 0 aliphatic carbocycles. The molecule has 9 heteroatoms. The highest BCUT2D eigenvalue weighted by Crippen LogP contribution is 2.34. The largest absolute Gasteiger partial charge is 0.493 e. The molecule has 1 aromatic heterocycles. The third kappa shape index (κ3) is 3.85. The summed E-state index contributed by atoms with van der Waals surface area (Å²) in [5.41, 5.74) is 7.56. The van der Waals surface area contributed by atoms with Gasteiger partial charge in [0.25, 0.3) is 5.91 Å². The number of hydrogen-bond acceptors (Lipinski definition) is 7. The first kappa shape index (κ1) is 20.2. The molecule has 0 spiro atoms. The van der Waals surface area contributed by atoms with Crippen LogP contribution >= 0.6 is 15.9 Å². The molecular formula is C21H22BrN5O3. The van der Waals surface area contributed by atoms with Gasteiger partial charge in [0.1, 0.15) is 5.82 Å². The van der Waals surface area contributed by atoms with Crippen LogP contribution in [0.25, 0.3) is 10.9 Å². The third-order valence-electron chi connectivity index (χ3n) is 5.16. The van der Waals surface area contributed by atoms with Crippen molar-refractivity contribution in [1.29, 1.82) is 0 Å². The number of nitrogen functional groups attached to an aromatic ring is 1. The van der Waals surface area contributed by atoms with Crippen LogP contribution in [0.4, 0.5) is 11.8 Å². The smallest absolute Gasteiger partial charge is 0.253 e. The van der Waals surface area contributed by atoms with Crippen LogP contribution < -0.4 is 20.1 Å². The van der Waals surface area contributed by atoms with Crippen molar-refractivity contribution in [3.05, 3.63) is 46.4 Å². The lowest BCUT2D eigenvalue weighted by Crippen LogP contribution is -2.49. The van der Waals surface area contributed by atoms with Crippen LogP contribution in [0.15, 0.2) is 40.9 Å². The van der Waals surface area contributed by atoms with Crippen LogP contribution in [0, 0.1) is 0 Å². The Morgan fingerprint density at radius 3 is 2.27 bits per heavy atom. The van der Waals surface area contributed by atoms with Crippen molar-refractivity contribution in [2.75, 3.05) is 51.0 Å². The molecular weight excluding hydrogens is 450 g/mol. The normalized spacial score (nSPS) is 14.1. The summed E-state index contributed by atoms with van der Waals surface area (Å²) in [6, 6.07) is 11.0. The molecule has 1 fully saturated rings. The Balaban J connectivity index is 1.53. The molecule has 30 heavy (non-hydrogen) atoms. The van der Waals surface area contributed by atoms with E-state index in [1.54, 1.807) is 26.4 Å². The zero-order valence-electron chi connectivity index (χ0n) is 16.8. The highest BCUT2D eigenvalue weighted by molar-refractivity contribution is 9.10. The van der Waals surface area contributed by atoms with Gasteiger partial charge in [0, 0.05) is 47.7 Å². The number of amides is 1. The second-order valence-corrected chi connectivity index (χ2v) is 7.84. The van der Waals surface area contributed by atoms with Crippen molar-refractivity contribution in [1.82, 2.24) is 14.9 Å². The lowest BCUT2D eigenvalue weighted by Gasteiger charge is -2.35. The number of carbonyl (C=O) groups is 1. The Morgan fingerprint density at radius 2 is 1.63 bits per heavy atom. The predicted molar refractivity (Wildman–Crippen MR) is 119 cm³/mol. The number of anilines is 2. The van der Waals surface area contributed by atoms with E-state index in [-0.39, 0.29) is 5.91 Å². The van der Waals surface area contributed by atoms with E-state index in [1.807, 2.05) is 34.1 Å². The Labute approximate surface area is 182 Å². The van der Waals surface area contributed by atoms with E-state index in [2.05, 4.69) is 25.9 Å². The van der Waals surface area contributed by atoms with Crippen LogP contribution in [0.5, 0.6) is 11.5 Å². The molecule has 156 valence electrons. The van der Waals surface area contributed by atoms with Crippen LogP contribution in [0.2, 0.25) is 0 Å². The van der Waals surface area contributed by atoms with Crippen molar-refractivity contribution in [3.63, 3.8) is 0 Å². The molecule has 2 aromatic carbocycles. The summed E-state index contributed by atoms with van der Waals surface area (Å²) < 4.78 is 11.7. The van der Waals surface area contributed by atoms with Crippen LogP contribution in [0.3, 0.4) is 0 Å². The Kier molecular flexibility index (Phi) is 5.63. The molecule has 1 aliphatic heterocycles. The van der Waals surface area contributed by atoms with E-state index in [0.717, 1.165) is 4.47 Å². The number of carbonyl (C=O) groups excluding carboxylic acids is 1. The van der Waals surface area contributed by atoms with Gasteiger partial charge < -0.3 is 25.0 Å². The van der Waals surface area contributed by atoms with Crippen molar-refractivity contribution in [2.24, 2.45) is 0 Å². The standard InChI is InChI=1S/C21H22BrN5O3/c1-29-17-11-15-16(12-18(17)30-2)24-21(25-19(15)23)27-9-7-26(8-10-27)20(28)13-3-5-14(22)6-4-13/h3-6,11-12H,7-10H2,1-2H3,(H2,23,24,25). The van der Waals surface area contributed by atoms with Gasteiger partial charge in [-0.05, 0) is 30.3 Å². The van der Waals surface area contributed by atoms with Gasteiger partial charge >= 0.3 is 0 Å². The number of hydrogen-bond donors (Lipinski definition) is 1. The minimum Gasteiger partial charge on any atom is -0.493 e. The van der Waals surface area contributed by atoms with E-state index in [4.69, 9.17) is 15.2 Å². The second kappa shape index (κ2) is 8.35. The second-order valence-electron chi connectivity index (χ2n) is 6.92. The fourth-order valence-electron chi connectivity index (χ4n) is 3.49. The quantitative estimate of drug-likeness (QED) is 0.624. The van der Waals surface area contributed by atoms with Gasteiger partial charge in [-0.1, -0.05) is 15.9 Å². The van der Waals surface area contributed by atoms with Gasteiger partial charge in [-0.25, -0.2) is 4.98 Å². The lowest BCUT2D eigenvalue weighted by atomic mass is 10.2. The molecule has 0 saturated carbocycles. The maximum absolute atomic E-state index is 12.7. The number of halogens is 1. The van der Waals surface area contributed by atoms with Gasteiger partial charge in [0.15, 0.2) is 11.5 Å². The van der Waals surface area contributed by atoms with Gasteiger partial charge in [-0.3, -0.25) is 4.79 Å². The SMILES string of the molecule is COc1cc2nc(N3CCN(C(=O)c4ccc(Br)cc4)CC3)nc(N)c2cc1OC. The number of fused-ring (bicyclic) bond motifs is 1. The fourth-order valence-corrected chi connectivity index (χ4v) is 3.76. The minimum absolute atomic E-state index is 0.0259. The van der Waals surface area contributed by atoms with Gasteiger partial charge in [-0.2, -0.15) is 4.98 Å². The van der Waals surface area contributed by atoms with E-state index >= 15 is 0 Å². The van der Waals surface area contributed by atoms with E-state index in [1.165, 1.54) is 0 Å². The van der Waals surface area contributed by atoms with Crippen LogP contribution in [-0.4, -0.2) is 61.2 Å². The number of aromatic nitrogens is 2. The van der Waals surface area contributed by atoms with Crippen LogP contribution in [0.1, 0.15) is 10.4 Å². The molecule has 0 atom stereocenters. The molecule has 4 rings (SSSR count). The minimum atomic E-state index is 0.0259. The van der Waals surface area contributed by atoms with Gasteiger partial charge in [0.05, 0.1) is 19.7 Å². The lowest BCUT2D eigenvalue weighted by molar-refractivity contribution is 0.0746. The average molecular weight is 472 g/mol. The summed E-state index contributed by atoms with van der Waals surface area (Å²) in [5, 5.41) is 0.709. The zero-order valence-corrected chi connectivity index (χ0v) is 18.3. The Hall–Kier alpha value is -3.07. The predicted octanol–water partition coefficient (Wildman–Crippen LogP) is 2.95. The summed E-state index contributed by atoms with van der Waals surface area (Å²) in [4.78, 5) is 25.8.